The van der Waals surface area contributed by atoms with Crippen molar-refractivity contribution < 1.29 is 4.79 Å². The lowest BCUT2D eigenvalue weighted by Gasteiger charge is -1.90. The van der Waals surface area contributed by atoms with E-state index in [1.165, 1.54) is 12.7 Å². The molecule has 0 aliphatic carbocycles. The second-order valence-corrected chi connectivity index (χ2v) is 2.80. The maximum atomic E-state index is 9.92. The molecule has 0 unspecified atom stereocenters. The average molecular weight is 203 g/mol. The van der Waals surface area contributed by atoms with E-state index in [0.29, 0.717) is 0 Å². The van der Waals surface area contributed by atoms with Crippen molar-refractivity contribution in [3.8, 4) is 0 Å². The van der Waals surface area contributed by atoms with Gasteiger partial charge in [0.05, 0.1) is 0 Å². The van der Waals surface area contributed by atoms with Crippen LogP contribution in [0.15, 0.2) is 12.7 Å². The number of halogens is 1. The number of carbonyl (C=O) groups is 1. The second kappa shape index (κ2) is 6.30. The summed E-state index contributed by atoms with van der Waals surface area (Å²) in [6.45, 7) is 3.53. The smallest absolute Gasteiger partial charge is 0.225 e. The normalized spacial score (nSPS) is 8.92. The van der Waals surface area contributed by atoms with E-state index in [4.69, 9.17) is 17.3 Å². The summed E-state index contributed by atoms with van der Waals surface area (Å²) in [6, 6.07) is 0. The average Bonchev–Trinajstić information content (AvgIpc) is 2.06. The number of primary amides is 1. The summed E-state index contributed by atoms with van der Waals surface area (Å²) in [4.78, 5) is 20.5. The van der Waals surface area contributed by atoms with E-state index in [1.807, 2.05) is 0 Å². The lowest BCUT2D eigenvalue weighted by Crippen LogP contribution is -2.17. The van der Waals surface area contributed by atoms with Crippen LogP contribution in [-0.2, 0) is 4.79 Å². The Bertz CT molecular complexity index is 252. The first-order chi connectivity index (χ1) is 6.04. The molecule has 5 nitrogen and oxygen atoms in total. The summed E-state index contributed by atoms with van der Waals surface area (Å²) in [5, 5.41) is 0.231. The number of carbonyl (C=O) groups excluding carboxylic acids is 1. The molecule has 1 heterocycles. The fraction of sp³-hybridized carbons (Fsp3) is 0.429. The molecule has 0 aliphatic rings. The monoisotopic (exact) mass is 202 g/mol. The van der Waals surface area contributed by atoms with Crippen molar-refractivity contribution in [1.29, 1.82) is 0 Å². The highest BCUT2D eigenvalue weighted by molar-refractivity contribution is 6.28. The SMILES string of the molecule is CC(C)C(N)=O.Clc1ncncn1. The van der Waals surface area contributed by atoms with E-state index in [9.17, 15) is 4.79 Å². The summed E-state index contributed by atoms with van der Waals surface area (Å²) in [5.74, 6) is -0.250. The van der Waals surface area contributed by atoms with Crippen LogP contribution in [0.5, 0.6) is 0 Å². The maximum Gasteiger partial charge on any atom is 0.225 e. The molecule has 0 radical (unpaired) electrons. The Morgan fingerprint density at radius 1 is 1.46 bits per heavy atom. The highest BCUT2D eigenvalue weighted by atomic mass is 35.5. The number of rotatable bonds is 1. The fourth-order valence-electron chi connectivity index (χ4n) is 0.225. The second-order valence-electron chi connectivity index (χ2n) is 2.46. The Labute approximate surface area is 81.4 Å². The van der Waals surface area contributed by atoms with Gasteiger partial charge in [-0.1, -0.05) is 13.8 Å². The van der Waals surface area contributed by atoms with Gasteiger partial charge < -0.3 is 5.73 Å². The Morgan fingerprint density at radius 3 is 2.00 bits per heavy atom. The number of hydrogen-bond acceptors (Lipinski definition) is 4. The van der Waals surface area contributed by atoms with Crippen molar-refractivity contribution in [3.05, 3.63) is 17.9 Å². The van der Waals surface area contributed by atoms with Crippen molar-refractivity contribution in [1.82, 2.24) is 15.0 Å². The lowest BCUT2D eigenvalue weighted by atomic mass is 10.2. The van der Waals surface area contributed by atoms with Gasteiger partial charge in [0.1, 0.15) is 12.7 Å². The van der Waals surface area contributed by atoms with Gasteiger partial charge in [-0.2, -0.15) is 0 Å². The zero-order valence-electron chi connectivity index (χ0n) is 7.44. The van der Waals surface area contributed by atoms with Crippen LogP contribution in [0.4, 0.5) is 0 Å². The molecule has 6 heteroatoms. The molecule has 2 N–H and O–H groups in total. The van der Waals surface area contributed by atoms with Crippen LogP contribution in [0.1, 0.15) is 13.8 Å². The highest BCUT2D eigenvalue weighted by Gasteiger charge is 1.96. The van der Waals surface area contributed by atoms with Crippen LogP contribution in [-0.4, -0.2) is 20.9 Å². The first-order valence-corrected chi connectivity index (χ1v) is 3.98. The molecular formula is C7H11ClN4O. The zero-order chi connectivity index (χ0) is 10.3. The third kappa shape index (κ3) is 7.14. The number of nitrogens with zero attached hydrogens (tertiary/aromatic N) is 3. The lowest BCUT2D eigenvalue weighted by molar-refractivity contribution is -0.120. The molecule has 0 aliphatic heterocycles. The Balaban J connectivity index is 0.000000226. The summed E-state index contributed by atoms with van der Waals surface area (Å²) in [6.07, 6.45) is 2.69. The predicted octanol–water partition coefficient (Wildman–Crippen LogP) is 0.653. The molecule has 0 aromatic carbocycles. The molecule has 0 saturated heterocycles. The van der Waals surface area contributed by atoms with Crippen molar-refractivity contribution in [3.63, 3.8) is 0 Å². The van der Waals surface area contributed by atoms with Crippen LogP contribution < -0.4 is 5.73 Å². The predicted molar refractivity (Wildman–Crippen MR) is 48.9 cm³/mol. The third-order valence-corrected chi connectivity index (χ3v) is 1.23. The molecule has 1 aromatic heterocycles. The molecule has 13 heavy (non-hydrogen) atoms. The summed E-state index contributed by atoms with van der Waals surface area (Å²) in [5.41, 5.74) is 4.80. The maximum absolute atomic E-state index is 9.92. The molecule has 0 atom stereocenters. The van der Waals surface area contributed by atoms with E-state index in [0.717, 1.165) is 0 Å². The van der Waals surface area contributed by atoms with Crippen molar-refractivity contribution in [2.75, 3.05) is 0 Å². The number of amides is 1. The van der Waals surface area contributed by atoms with Crippen LogP contribution in [0.2, 0.25) is 5.28 Å². The summed E-state index contributed by atoms with van der Waals surface area (Å²) < 4.78 is 0. The molecule has 1 rings (SSSR count). The highest BCUT2D eigenvalue weighted by Crippen LogP contribution is 1.90. The first kappa shape index (κ1) is 11.8. The van der Waals surface area contributed by atoms with Gasteiger partial charge in [-0.15, -0.1) is 0 Å². The quantitative estimate of drug-likeness (QED) is 0.725. The van der Waals surface area contributed by atoms with E-state index in [-0.39, 0.29) is 17.1 Å². The molecule has 1 amide bonds. The zero-order valence-corrected chi connectivity index (χ0v) is 8.19. The van der Waals surface area contributed by atoms with Gasteiger partial charge in [0, 0.05) is 5.92 Å². The molecule has 1 aromatic rings. The fourth-order valence-corrected chi connectivity index (χ4v) is 0.312. The van der Waals surface area contributed by atoms with E-state index in [1.54, 1.807) is 13.8 Å². The van der Waals surface area contributed by atoms with Crippen LogP contribution >= 0.6 is 11.6 Å². The van der Waals surface area contributed by atoms with Crippen molar-refractivity contribution in [2.24, 2.45) is 11.7 Å². The van der Waals surface area contributed by atoms with Gasteiger partial charge in [-0.05, 0) is 11.6 Å². The minimum atomic E-state index is -0.241. The minimum absolute atomic E-state index is 0.00926. The molecule has 0 fully saturated rings. The van der Waals surface area contributed by atoms with E-state index in [2.05, 4.69) is 15.0 Å². The van der Waals surface area contributed by atoms with Crippen molar-refractivity contribution >= 4 is 17.5 Å². The number of hydrogen-bond donors (Lipinski definition) is 1. The van der Waals surface area contributed by atoms with Crippen LogP contribution in [0.25, 0.3) is 0 Å². The van der Waals surface area contributed by atoms with Gasteiger partial charge >= 0.3 is 0 Å². The van der Waals surface area contributed by atoms with Gasteiger partial charge in [0.2, 0.25) is 11.2 Å². The van der Waals surface area contributed by atoms with Crippen molar-refractivity contribution in [2.45, 2.75) is 13.8 Å². The van der Waals surface area contributed by atoms with Gasteiger partial charge in [0.15, 0.2) is 0 Å². The van der Waals surface area contributed by atoms with E-state index < -0.39 is 0 Å². The summed E-state index contributed by atoms with van der Waals surface area (Å²) >= 11 is 5.28. The molecular weight excluding hydrogens is 192 g/mol. The third-order valence-electron chi connectivity index (χ3n) is 1.03. The largest absolute Gasteiger partial charge is 0.369 e. The Kier molecular flexibility index (Phi) is 5.71. The Morgan fingerprint density at radius 2 is 1.85 bits per heavy atom. The minimum Gasteiger partial charge on any atom is -0.369 e. The topological polar surface area (TPSA) is 81.8 Å². The van der Waals surface area contributed by atoms with Crippen LogP contribution in [0, 0.1) is 5.92 Å². The van der Waals surface area contributed by atoms with Gasteiger partial charge in [0.25, 0.3) is 0 Å². The molecule has 72 valence electrons. The van der Waals surface area contributed by atoms with Gasteiger partial charge in [-0.25, -0.2) is 15.0 Å². The summed E-state index contributed by atoms with van der Waals surface area (Å²) in [7, 11) is 0. The van der Waals surface area contributed by atoms with Gasteiger partial charge in [-0.3, -0.25) is 4.79 Å². The Hall–Kier alpha value is -1.23. The molecule has 0 bridgehead atoms. The van der Waals surface area contributed by atoms with Crippen LogP contribution in [0.3, 0.4) is 0 Å². The number of nitrogens with two attached hydrogens (primary N) is 1. The first-order valence-electron chi connectivity index (χ1n) is 3.61. The number of aromatic nitrogens is 3. The molecule has 0 saturated carbocycles. The standard InChI is InChI=1S/C4H9NO.C3H2ClN3/c1-3(2)4(5)6;4-3-6-1-5-2-7-3/h3H,1-2H3,(H2,5,6);1-2H. The van der Waals surface area contributed by atoms with E-state index >= 15 is 0 Å². The molecule has 0 spiro atoms.